The van der Waals surface area contributed by atoms with Crippen LogP contribution in [0.2, 0.25) is 0 Å². The molecule has 0 aliphatic carbocycles. The number of nitrogens with zero attached hydrogens (tertiary/aromatic N) is 1. The molecule has 0 radical (unpaired) electrons. The van der Waals surface area contributed by atoms with Crippen LogP contribution in [-0.4, -0.2) is 44.5 Å². The SMILES string of the molecule is COc1cccc(NC(=O)CN(C)C(=O)/C=C/c2ccccc2OC)c1. The van der Waals surface area contributed by atoms with Crippen LogP contribution in [0.1, 0.15) is 5.56 Å². The van der Waals surface area contributed by atoms with Crippen molar-refractivity contribution in [1.82, 2.24) is 4.90 Å². The summed E-state index contributed by atoms with van der Waals surface area (Å²) < 4.78 is 10.4. The van der Waals surface area contributed by atoms with Gasteiger partial charge in [0.15, 0.2) is 0 Å². The van der Waals surface area contributed by atoms with Crippen LogP contribution >= 0.6 is 0 Å². The molecule has 136 valence electrons. The number of carbonyl (C=O) groups excluding carboxylic acids is 2. The second-order valence-electron chi connectivity index (χ2n) is 5.55. The topological polar surface area (TPSA) is 67.9 Å². The van der Waals surface area contributed by atoms with Crippen LogP contribution in [0.4, 0.5) is 5.69 Å². The molecule has 0 aliphatic rings. The lowest BCUT2D eigenvalue weighted by Gasteiger charge is -2.15. The van der Waals surface area contributed by atoms with Gasteiger partial charge in [0.1, 0.15) is 11.5 Å². The molecule has 0 saturated carbocycles. The lowest BCUT2D eigenvalue weighted by molar-refractivity contribution is -0.129. The van der Waals surface area contributed by atoms with E-state index in [2.05, 4.69) is 5.32 Å². The van der Waals surface area contributed by atoms with Crippen molar-refractivity contribution in [2.24, 2.45) is 0 Å². The van der Waals surface area contributed by atoms with Crippen LogP contribution in [0.3, 0.4) is 0 Å². The summed E-state index contributed by atoms with van der Waals surface area (Å²) in [5, 5.41) is 2.74. The highest BCUT2D eigenvalue weighted by atomic mass is 16.5. The zero-order valence-corrected chi connectivity index (χ0v) is 15.1. The summed E-state index contributed by atoms with van der Waals surface area (Å²) in [4.78, 5) is 25.6. The summed E-state index contributed by atoms with van der Waals surface area (Å²) in [7, 11) is 4.70. The Balaban J connectivity index is 1.93. The number of benzene rings is 2. The van der Waals surface area contributed by atoms with Crippen LogP contribution in [-0.2, 0) is 9.59 Å². The third-order valence-corrected chi connectivity index (χ3v) is 3.65. The van der Waals surface area contributed by atoms with Crippen molar-refractivity contribution in [2.45, 2.75) is 0 Å². The zero-order valence-electron chi connectivity index (χ0n) is 15.1. The Hall–Kier alpha value is -3.28. The molecule has 0 aliphatic heterocycles. The molecule has 6 nitrogen and oxygen atoms in total. The van der Waals surface area contributed by atoms with E-state index in [4.69, 9.17) is 9.47 Å². The monoisotopic (exact) mass is 354 g/mol. The van der Waals surface area contributed by atoms with Crippen LogP contribution in [0.15, 0.2) is 54.6 Å². The number of rotatable bonds is 7. The third-order valence-electron chi connectivity index (χ3n) is 3.65. The van der Waals surface area contributed by atoms with Crippen molar-refractivity contribution in [3.05, 3.63) is 60.2 Å². The summed E-state index contributed by atoms with van der Waals surface area (Å²) in [6.45, 7) is -0.0632. The molecule has 2 amide bonds. The van der Waals surface area contributed by atoms with E-state index in [1.165, 1.54) is 11.0 Å². The number of methoxy groups -OCH3 is 2. The Morgan fingerprint density at radius 1 is 1.08 bits per heavy atom. The number of carbonyl (C=O) groups is 2. The quantitative estimate of drug-likeness (QED) is 0.777. The first-order valence-corrected chi connectivity index (χ1v) is 8.03. The molecule has 0 bridgehead atoms. The van der Waals surface area contributed by atoms with E-state index < -0.39 is 0 Å². The molecule has 0 heterocycles. The summed E-state index contributed by atoms with van der Waals surface area (Å²) in [5.74, 6) is 0.749. The number of hydrogen-bond acceptors (Lipinski definition) is 4. The minimum atomic E-state index is -0.292. The highest BCUT2D eigenvalue weighted by Crippen LogP contribution is 2.19. The molecule has 0 spiro atoms. The molecular weight excluding hydrogens is 332 g/mol. The number of ether oxygens (including phenoxy) is 2. The fourth-order valence-electron chi connectivity index (χ4n) is 2.29. The number of nitrogens with one attached hydrogen (secondary N) is 1. The van der Waals surface area contributed by atoms with Gasteiger partial charge in [0, 0.05) is 30.4 Å². The van der Waals surface area contributed by atoms with Gasteiger partial charge in [0.25, 0.3) is 0 Å². The largest absolute Gasteiger partial charge is 0.497 e. The van der Waals surface area contributed by atoms with Crippen LogP contribution in [0, 0.1) is 0 Å². The first-order valence-electron chi connectivity index (χ1n) is 8.03. The number of amides is 2. The molecule has 26 heavy (non-hydrogen) atoms. The molecule has 1 N–H and O–H groups in total. The van der Waals surface area contributed by atoms with Gasteiger partial charge in [-0.1, -0.05) is 24.3 Å². The van der Waals surface area contributed by atoms with Gasteiger partial charge in [-0.2, -0.15) is 0 Å². The number of hydrogen-bond donors (Lipinski definition) is 1. The molecule has 2 aromatic rings. The highest BCUT2D eigenvalue weighted by Gasteiger charge is 2.11. The number of likely N-dealkylation sites (N-methyl/N-ethyl adjacent to an activating group) is 1. The summed E-state index contributed by atoms with van der Waals surface area (Å²) in [6, 6.07) is 14.4. The van der Waals surface area contributed by atoms with Crippen molar-refractivity contribution < 1.29 is 19.1 Å². The van der Waals surface area contributed by atoms with E-state index in [9.17, 15) is 9.59 Å². The van der Waals surface area contributed by atoms with Gasteiger partial charge in [-0.05, 0) is 24.3 Å². The predicted molar refractivity (Wildman–Crippen MR) is 101 cm³/mol. The zero-order chi connectivity index (χ0) is 18.9. The van der Waals surface area contributed by atoms with E-state index in [0.29, 0.717) is 17.2 Å². The van der Waals surface area contributed by atoms with Gasteiger partial charge >= 0.3 is 0 Å². The Bertz CT molecular complexity index is 802. The van der Waals surface area contributed by atoms with Crippen LogP contribution in [0.25, 0.3) is 6.08 Å². The first kappa shape index (κ1) is 19.1. The maximum Gasteiger partial charge on any atom is 0.246 e. The van der Waals surface area contributed by atoms with Crippen molar-refractivity contribution in [1.29, 1.82) is 0 Å². The Labute approximate surface area is 153 Å². The fraction of sp³-hybridized carbons (Fsp3) is 0.200. The summed E-state index contributed by atoms with van der Waals surface area (Å²) in [5.41, 5.74) is 1.40. The van der Waals surface area contributed by atoms with Gasteiger partial charge in [0.05, 0.1) is 20.8 Å². The number of para-hydroxylation sites is 1. The minimum absolute atomic E-state index is 0.0632. The second kappa shape index (κ2) is 9.27. The van der Waals surface area contributed by atoms with Crippen molar-refractivity contribution in [3.63, 3.8) is 0 Å². The van der Waals surface area contributed by atoms with E-state index in [1.807, 2.05) is 24.3 Å². The van der Waals surface area contributed by atoms with Gasteiger partial charge in [-0.3, -0.25) is 9.59 Å². The Morgan fingerprint density at radius 2 is 1.85 bits per heavy atom. The molecule has 6 heteroatoms. The molecule has 2 rings (SSSR count). The fourth-order valence-corrected chi connectivity index (χ4v) is 2.29. The molecule has 0 saturated heterocycles. The second-order valence-corrected chi connectivity index (χ2v) is 5.55. The maximum absolute atomic E-state index is 12.2. The van der Waals surface area contributed by atoms with Crippen LogP contribution in [0.5, 0.6) is 11.5 Å². The first-order chi connectivity index (χ1) is 12.5. The normalized spacial score (nSPS) is 10.4. The maximum atomic E-state index is 12.2. The summed E-state index contributed by atoms with van der Waals surface area (Å²) >= 11 is 0. The van der Waals surface area contributed by atoms with Gasteiger partial charge in [-0.15, -0.1) is 0 Å². The Morgan fingerprint density at radius 3 is 2.58 bits per heavy atom. The minimum Gasteiger partial charge on any atom is -0.497 e. The lowest BCUT2D eigenvalue weighted by Crippen LogP contribution is -2.33. The predicted octanol–water partition coefficient (Wildman–Crippen LogP) is 2.81. The molecule has 2 aromatic carbocycles. The van der Waals surface area contributed by atoms with E-state index in [-0.39, 0.29) is 18.4 Å². The van der Waals surface area contributed by atoms with E-state index in [0.717, 1.165) is 5.56 Å². The van der Waals surface area contributed by atoms with E-state index >= 15 is 0 Å². The molecule has 0 unspecified atom stereocenters. The standard InChI is InChI=1S/C20H22N2O4/c1-22(14-19(23)21-16-8-6-9-17(13-16)25-2)20(24)12-11-15-7-4-5-10-18(15)26-3/h4-13H,14H2,1-3H3,(H,21,23)/b12-11+. The lowest BCUT2D eigenvalue weighted by atomic mass is 10.2. The van der Waals surface area contributed by atoms with Gasteiger partial charge in [0.2, 0.25) is 11.8 Å². The van der Waals surface area contributed by atoms with Crippen molar-refractivity contribution in [3.8, 4) is 11.5 Å². The molecule has 0 aromatic heterocycles. The van der Waals surface area contributed by atoms with E-state index in [1.54, 1.807) is 51.6 Å². The third kappa shape index (κ3) is 5.37. The van der Waals surface area contributed by atoms with Crippen molar-refractivity contribution in [2.75, 3.05) is 33.1 Å². The summed E-state index contributed by atoms with van der Waals surface area (Å²) in [6.07, 6.45) is 3.08. The van der Waals surface area contributed by atoms with Gasteiger partial charge in [-0.25, -0.2) is 0 Å². The molecule has 0 atom stereocenters. The Kier molecular flexibility index (Phi) is 6.79. The van der Waals surface area contributed by atoms with Gasteiger partial charge < -0.3 is 19.7 Å². The van der Waals surface area contributed by atoms with Crippen LogP contribution < -0.4 is 14.8 Å². The molecular formula is C20H22N2O4. The average molecular weight is 354 g/mol. The smallest absolute Gasteiger partial charge is 0.246 e. The molecule has 0 fully saturated rings. The average Bonchev–Trinajstić information content (AvgIpc) is 2.66. The van der Waals surface area contributed by atoms with Crippen molar-refractivity contribution >= 4 is 23.6 Å². The number of anilines is 1. The highest BCUT2D eigenvalue weighted by molar-refractivity contribution is 5.98.